The molecule has 1 aliphatic heterocycles. The first-order chi connectivity index (χ1) is 10.9. The lowest BCUT2D eigenvalue weighted by atomic mass is 9.94. The Kier molecular flexibility index (Phi) is 4.24. The molecule has 3 rings (SSSR count). The van der Waals surface area contributed by atoms with Gasteiger partial charge in [-0.2, -0.15) is 4.31 Å². The van der Waals surface area contributed by atoms with Crippen molar-refractivity contribution in [2.75, 3.05) is 13.1 Å². The Hall–Kier alpha value is -1.74. The van der Waals surface area contributed by atoms with Gasteiger partial charge < -0.3 is 9.09 Å². The Morgan fingerprint density at radius 3 is 2.52 bits per heavy atom. The van der Waals surface area contributed by atoms with E-state index in [1.165, 1.54) is 4.31 Å². The van der Waals surface area contributed by atoms with Gasteiger partial charge in [-0.3, -0.25) is 0 Å². The SMILES string of the molecule is Cc1noc(C)c1S(=O)(=O)N1CCC(Cc2nncn2C)CC1. The minimum absolute atomic E-state index is 0.212. The van der Waals surface area contributed by atoms with E-state index in [0.29, 0.717) is 30.5 Å². The third-order valence-corrected chi connectivity index (χ3v) is 6.56. The van der Waals surface area contributed by atoms with Crippen LogP contribution >= 0.6 is 0 Å². The fraction of sp³-hybridized carbons (Fsp3) is 0.643. The van der Waals surface area contributed by atoms with Gasteiger partial charge in [-0.25, -0.2) is 8.42 Å². The summed E-state index contributed by atoms with van der Waals surface area (Å²) in [5.41, 5.74) is 0.420. The number of aryl methyl sites for hydroxylation is 3. The molecule has 2 aromatic rings. The lowest BCUT2D eigenvalue weighted by molar-refractivity contribution is 0.269. The van der Waals surface area contributed by atoms with Gasteiger partial charge in [-0.1, -0.05) is 5.16 Å². The van der Waals surface area contributed by atoms with E-state index in [4.69, 9.17) is 4.52 Å². The van der Waals surface area contributed by atoms with Crippen molar-refractivity contribution in [3.63, 3.8) is 0 Å². The maximum Gasteiger partial charge on any atom is 0.248 e. The zero-order chi connectivity index (χ0) is 16.6. The molecule has 9 heteroatoms. The second-order valence-corrected chi connectivity index (χ2v) is 7.94. The van der Waals surface area contributed by atoms with Gasteiger partial charge >= 0.3 is 0 Å². The van der Waals surface area contributed by atoms with Crippen molar-refractivity contribution in [1.82, 2.24) is 24.2 Å². The molecule has 8 nitrogen and oxygen atoms in total. The number of hydrogen-bond acceptors (Lipinski definition) is 6. The number of sulfonamides is 1. The van der Waals surface area contributed by atoms with Crippen molar-refractivity contribution in [1.29, 1.82) is 0 Å². The van der Waals surface area contributed by atoms with Crippen LogP contribution in [-0.2, 0) is 23.5 Å². The summed E-state index contributed by atoms with van der Waals surface area (Å²) in [6.07, 6.45) is 4.15. The molecule has 0 atom stereocenters. The highest BCUT2D eigenvalue weighted by Gasteiger charge is 2.34. The van der Waals surface area contributed by atoms with Crippen molar-refractivity contribution >= 4 is 10.0 Å². The predicted octanol–water partition coefficient (Wildman–Crippen LogP) is 1.06. The summed E-state index contributed by atoms with van der Waals surface area (Å²) < 4.78 is 34.0. The molecule has 0 aliphatic carbocycles. The van der Waals surface area contributed by atoms with Crippen molar-refractivity contribution in [2.24, 2.45) is 13.0 Å². The van der Waals surface area contributed by atoms with Crippen LogP contribution in [0.1, 0.15) is 30.1 Å². The second kappa shape index (κ2) is 6.04. The average Bonchev–Trinajstić information content (AvgIpc) is 3.06. The van der Waals surface area contributed by atoms with Crippen LogP contribution < -0.4 is 0 Å². The van der Waals surface area contributed by atoms with E-state index in [0.717, 1.165) is 25.1 Å². The molecule has 0 saturated carbocycles. The number of rotatable bonds is 4. The summed E-state index contributed by atoms with van der Waals surface area (Å²) in [6.45, 7) is 4.31. The Balaban J connectivity index is 1.68. The number of aromatic nitrogens is 4. The van der Waals surface area contributed by atoms with E-state index in [1.54, 1.807) is 20.2 Å². The second-order valence-electron chi connectivity index (χ2n) is 6.06. The lowest BCUT2D eigenvalue weighted by Crippen LogP contribution is -2.39. The summed E-state index contributed by atoms with van der Waals surface area (Å²) in [5, 5.41) is 11.7. The summed E-state index contributed by atoms with van der Waals surface area (Å²) in [7, 11) is -1.61. The van der Waals surface area contributed by atoms with Crippen LogP contribution in [0.5, 0.6) is 0 Å². The molecule has 0 bridgehead atoms. The maximum atomic E-state index is 12.8. The fourth-order valence-electron chi connectivity index (χ4n) is 3.08. The van der Waals surface area contributed by atoms with Crippen molar-refractivity contribution in [2.45, 2.75) is 38.0 Å². The van der Waals surface area contributed by atoms with Crippen molar-refractivity contribution < 1.29 is 12.9 Å². The van der Waals surface area contributed by atoms with Crippen LogP contribution in [0.3, 0.4) is 0 Å². The average molecular weight is 339 g/mol. The summed E-state index contributed by atoms with van der Waals surface area (Å²) in [6, 6.07) is 0. The van der Waals surface area contributed by atoms with Gasteiger partial charge in [0, 0.05) is 26.6 Å². The normalized spacial score (nSPS) is 17.7. The molecule has 0 N–H and O–H groups in total. The van der Waals surface area contributed by atoms with Gasteiger partial charge in [0.25, 0.3) is 0 Å². The maximum absolute atomic E-state index is 12.8. The first-order valence-corrected chi connectivity index (χ1v) is 9.09. The summed E-state index contributed by atoms with van der Waals surface area (Å²) in [4.78, 5) is 0.212. The van der Waals surface area contributed by atoms with Gasteiger partial charge in [0.05, 0.1) is 0 Å². The van der Waals surface area contributed by atoms with Crippen LogP contribution in [0.25, 0.3) is 0 Å². The molecule has 0 spiro atoms. The smallest absolute Gasteiger partial charge is 0.248 e. The molecule has 0 amide bonds. The van der Waals surface area contributed by atoms with E-state index >= 15 is 0 Å². The molecule has 1 fully saturated rings. The third-order valence-electron chi connectivity index (χ3n) is 4.42. The molecule has 3 heterocycles. The molecule has 0 radical (unpaired) electrons. The van der Waals surface area contributed by atoms with Crippen LogP contribution in [0, 0.1) is 19.8 Å². The van der Waals surface area contributed by atoms with Gasteiger partial charge in [0.1, 0.15) is 22.7 Å². The monoisotopic (exact) mass is 339 g/mol. The largest absolute Gasteiger partial charge is 0.360 e. The molecular weight excluding hydrogens is 318 g/mol. The quantitative estimate of drug-likeness (QED) is 0.827. The molecule has 0 aromatic carbocycles. The van der Waals surface area contributed by atoms with Crippen LogP contribution in [-0.4, -0.2) is 45.7 Å². The lowest BCUT2D eigenvalue weighted by Gasteiger charge is -2.30. The molecule has 23 heavy (non-hydrogen) atoms. The van der Waals surface area contributed by atoms with E-state index in [9.17, 15) is 8.42 Å². The zero-order valence-corrected chi connectivity index (χ0v) is 14.4. The minimum Gasteiger partial charge on any atom is -0.360 e. The molecule has 126 valence electrons. The Morgan fingerprint density at radius 1 is 1.30 bits per heavy atom. The number of piperidine rings is 1. The van der Waals surface area contributed by atoms with Gasteiger partial charge in [-0.05, 0) is 32.6 Å². The van der Waals surface area contributed by atoms with Crippen molar-refractivity contribution in [3.8, 4) is 0 Å². The van der Waals surface area contributed by atoms with Gasteiger partial charge in [0.15, 0.2) is 5.76 Å². The number of hydrogen-bond donors (Lipinski definition) is 0. The highest BCUT2D eigenvalue weighted by molar-refractivity contribution is 7.89. The standard InChI is InChI=1S/C14H21N5O3S/c1-10-14(11(2)22-17-10)23(20,21)19-6-4-12(5-7-19)8-13-16-15-9-18(13)3/h9,12H,4-8H2,1-3H3. The van der Waals surface area contributed by atoms with Crippen LogP contribution in [0.2, 0.25) is 0 Å². The molecule has 2 aromatic heterocycles. The first-order valence-electron chi connectivity index (χ1n) is 7.65. The number of nitrogens with zero attached hydrogens (tertiary/aromatic N) is 5. The highest BCUT2D eigenvalue weighted by atomic mass is 32.2. The van der Waals surface area contributed by atoms with E-state index < -0.39 is 10.0 Å². The zero-order valence-electron chi connectivity index (χ0n) is 13.6. The molecule has 0 unspecified atom stereocenters. The van der Waals surface area contributed by atoms with E-state index in [-0.39, 0.29) is 4.90 Å². The first kappa shape index (κ1) is 16.1. The Labute approximate surface area is 135 Å². The fourth-order valence-corrected chi connectivity index (χ4v) is 4.84. The molecule has 1 saturated heterocycles. The van der Waals surface area contributed by atoms with E-state index in [1.807, 2.05) is 11.6 Å². The highest BCUT2D eigenvalue weighted by Crippen LogP contribution is 2.28. The van der Waals surface area contributed by atoms with Crippen LogP contribution in [0.15, 0.2) is 15.7 Å². The van der Waals surface area contributed by atoms with Crippen molar-refractivity contribution in [3.05, 3.63) is 23.6 Å². The summed E-state index contributed by atoms with van der Waals surface area (Å²) in [5.74, 6) is 1.72. The molecular formula is C14H21N5O3S. The topological polar surface area (TPSA) is 94.1 Å². The summed E-state index contributed by atoms with van der Waals surface area (Å²) >= 11 is 0. The minimum atomic E-state index is -3.53. The predicted molar refractivity (Wildman–Crippen MR) is 82.2 cm³/mol. The van der Waals surface area contributed by atoms with Crippen LogP contribution in [0.4, 0.5) is 0 Å². The van der Waals surface area contributed by atoms with Gasteiger partial charge in [-0.15, -0.1) is 10.2 Å². The Bertz CT molecular complexity index is 768. The molecule has 1 aliphatic rings. The van der Waals surface area contributed by atoms with Gasteiger partial charge in [0.2, 0.25) is 10.0 Å². The van der Waals surface area contributed by atoms with E-state index in [2.05, 4.69) is 15.4 Å². The third kappa shape index (κ3) is 3.02. The Morgan fingerprint density at radius 2 is 2.00 bits per heavy atom.